The van der Waals surface area contributed by atoms with E-state index in [0.717, 1.165) is 70.5 Å². The summed E-state index contributed by atoms with van der Waals surface area (Å²) in [5.74, 6) is 1.51. The minimum absolute atomic E-state index is 0.159. The van der Waals surface area contributed by atoms with Gasteiger partial charge in [-0.15, -0.1) is 0 Å². The molecule has 1 unspecified atom stereocenters. The third-order valence-corrected chi connectivity index (χ3v) is 6.49. The van der Waals surface area contributed by atoms with Crippen molar-refractivity contribution >= 4 is 28.2 Å². The van der Waals surface area contributed by atoms with Crippen molar-refractivity contribution in [1.82, 2.24) is 4.98 Å². The van der Waals surface area contributed by atoms with E-state index in [9.17, 15) is 4.79 Å². The fourth-order valence-corrected chi connectivity index (χ4v) is 4.68. The number of hydrogen-bond donors (Lipinski definition) is 2. The molecule has 34 heavy (non-hydrogen) atoms. The van der Waals surface area contributed by atoms with Crippen molar-refractivity contribution in [3.63, 3.8) is 0 Å². The second-order valence-electron chi connectivity index (χ2n) is 9.36. The molecule has 2 aromatic rings. The van der Waals surface area contributed by atoms with E-state index in [1.807, 2.05) is 13.0 Å². The molecule has 0 amide bonds. The smallest absolute Gasteiger partial charge is 0.179 e. The van der Waals surface area contributed by atoms with Crippen LogP contribution in [0.3, 0.4) is 0 Å². The number of anilines is 1. The fraction of sp³-hybridized carbons (Fsp3) is 0.333. The molecule has 0 fully saturated rings. The lowest BCUT2D eigenvalue weighted by atomic mass is 9.96. The van der Waals surface area contributed by atoms with Crippen molar-refractivity contribution in [2.24, 2.45) is 10.9 Å². The monoisotopic (exact) mass is 453 g/mol. The number of benzene rings is 1. The van der Waals surface area contributed by atoms with Gasteiger partial charge < -0.3 is 10.3 Å². The van der Waals surface area contributed by atoms with Gasteiger partial charge in [0.15, 0.2) is 5.78 Å². The van der Waals surface area contributed by atoms with Crippen molar-refractivity contribution in [2.45, 2.75) is 59.8 Å². The standard InChI is InChI=1S/C30H35N3O/c1-6-10-28(34)27-18-23-17-24(16-21(5)29(23)32-27)31-30-22(7-2)12-9-14-26(33-30)25-13-8-11-19(3)15-20(25)4/h8,11-14,16-19,32H,4,6-7,9-10,15H2,1-3,5H3,(H,31,33). The lowest BCUT2D eigenvalue weighted by Crippen LogP contribution is -2.15. The largest absolute Gasteiger partial charge is 0.352 e. The van der Waals surface area contributed by atoms with Crippen LogP contribution in [0.1, 0.15) is 68.9 Å². The zero-order valence-electron chi connectivity index (χ0n) is 20.8. The molecule has 1 aliphatic carbocycles. The number of hydrogen-bond acceptors (Lipinski definition) is 3. The maximum atomic E-state index is 12.4. The molecule has 2 heterocycles. The summed E-state index contributed by atoms with van der Waals surface area (Å²) in [5.41, 5.74) is 8.17. The van der Waals surface area contributed by atoms with Gasteiger partial charge in [0.2, 0.25) is 0 Å². The molecule has 0 radical (unpaired) electrons. The van der Waals surface area contributed by atoms with Gasteiger partial charge in [-0.3, -0.25) is 4.79 Å². The number of Topliss-reactive ketones (excluding diaryl/α,β-unsaturated/α-hetero) is 1. The Morgan fingerprint density at radius 1 is 1.24 bits per heavy atom. The number of aromatic amines is 1. The average Bonchev–Trinajstić information content (AvgIpc) is 3.03. The summed E-state index contributed by atoms with van der Waals surface area (Å²) in [6.07, 6.45) is 15.0. The molecule has 0 bridgehead atoms. The number of carbonyl (C=O) groups is 1. The molecule has 0 saturated heterocycles. The molecule has 176 valence electrons. The Kier molecular flexibility index (Phi) is 7.16. The van der Waals surface area contributed by atoms with Gasteiger partial charge in [-0.1, -0.05) is 57.7 Å². The van der Waals surface area contributed by atoms with Crippen LogP contribution in [-0.4, -0.2) is 16.6 Å². The summed E-state index contributed by atoms with van der Waals surface area (Å²) in [6.45, 7) is 12.8. The molecule has 4 rings (SSSR count). The van der Waals surface area contributed by atoms with Crippen molar-refractivity contribution < 1.29 is 4.79 Å². The van der Waals surface area contributed by atoms with Gasteiger partial charge >= 0.3 is 0 Å². The highest BCUT2D eigenvalue weighted by Crippen LogP contribution is 2.31. The van der Waals surface area contributed by atoms with Crippen molar-refractivity contribution in [3.05, 3.63) is 88.8 Å². The number of aliphatic imine (C=N–C) groups is 1. The highest BCUT2D eigenvalue weighted by molar-refractivity contribution is 6.10. The van der Waals surface area contributed by atoms with Crippen LogP contribution in [0, 0.1) is 12.8 Å². The zero-order chi connectivity index (χ0) is 24.2. The minimum Gasteiger partial charge on any atom is -0.352 e. The number of carbonyl (C=O) groups excluding carboxylic acids is 1. The number of rotatable bonds is 6. The van der Waals surface area contributed by atoms with Crippen LogP contribution in [-0.2, 0) is 0 Å². The Morgan fingerprint density at radius 3 is 2.82 bits per heavy atom. The van der Waals surface area contributed by atoms with Gasteiger partial charge in [-0.2, -0.15) is 0 Å². The molecule has 2 N–H and O–H groups in total. The highest BCUT2D eigenvalue weighted by Gasteiger charge is 2.18. The normalized spacial score (nSPS) is 18.6. The van der Waals surface area contributed by atoms with Crippen molar-refractivity contribution in [2.75, 3.05) is 5.32 Å². The molecular formula is C30H35N3O. The van der Waals surface area contributed by atoms with Gasteiger partial charge in [0.05, 0.1) is 11.4 Å². The summed E-state index contributed by atoms with van der Waals surface area (Å²) < 4.78 is 0. The molecule has 0 spiro atoms. The first kappa shape index (κ1) is 23.7. The maximum absolute atomic E-state index is 12.4. The molecule has 0 saturated carbocycles. The van der Waals surface area contributed by atoms with Crippen LogP contribution in [0.5, 0.6) is 0 Å². The topological polar surface area (TPSA) is 57.2 Å². The first-order valence-electron chi connectivity index (χ1n) is 12.4. The number of nitrogens with zero attached hydrogens (tertiary/aromatic N) is 1. The Balaban J connectivity index is 1.68. The predicted molar refractivity (Wildman–Crippen MR) is 145 cm³/mol. The van der Waals surface area contributed by atoms with Crippen molar-refractivity contribution in [1.29, 1.82) is 0 Å². The van der Waals surface area contributed by atoms with Gasteiger partial charge in [-0.05, 0) is 73.4 Å². The highest BCUT2D eigenvalue weighted by atomic mass is 16.1. The molecule has 1 aromatic carbocycles. The zero-order valence-corrected chi connectivity index (χ0v) is 20.8. The van der Waals surface area contributed by atoms with Crippen LogP contribution >= 0.6 is 0 Å². The first-order chi connectivity index (χ1) is 16.4. The van der Waals surface area contributed by atoms with E-state index in [4.69, 9.17) is 4.99 Å². The Morgan fingerprint density at radius 2 is 2.06 bits per heavy atom. The first-order valence-corrected chi connectivity index (χ1v) is 12.4. The molecular weight excluding hydrogens is 418 g/mol. The van der Waals surface area contributed by atoms with Crippen molar-refractivity contribution in [3.8, 4) is 0 Å². The quantitative estimate of drug-likeness (QED) is 0.436. The number of aromatic nitrogens is 1. The van der Waals surface area contributed by atoms with E-state index in [2.05, 4.69) is 80.2 Å². The summed E-state index contributed by atoms with van der Waals surface area (Å²) in [4.78, 5) is 20.8. The molecule has 1 atom stereocenters. The lowest BCUT2D eigenvalue weighted by molar-refractivity contribution is 0.0977. The lowest BCUT2D eigenvalue weighted by Gasteiger charge is -2.15. The van der Waals surface area contributed by atoms with Gasteiger partial charge in [-0.25, -0.2) is 4.99 Å². The number of allylic oxidation sites excluding steroid dienone is 6. The predicted octanol–water partition coefficient (Wildman–Crippen LogP) is 7.97. The van der Waals surface area contributed by atoms with Crippen LogP contribution in [0.25, 0.3) is 10.9 Å². The molecule has 1 aromatic heterocycles. The molecule has 2 aliphatic rings. The number of amidine groups is 1. The van der Waals surface area contributed by atoms with Crippen LogP contribution in [0.2, 0.25) is 0 Å². The Hall–Kier alpha value is -3.40. The average molecular weight is 454 g/mol. The number of fused-ring (bicyclic) bond motifs is 1. The number of H-pyrrole nitrogens is 1. The van der Waals surface area contributed by atoms with E-state index >= 15 is 0 Å². The second-order valence-corrected chi connectivity index (χ2v) is 9.36. The Bertz CT molecular complexity index is 1280. The molecule has 1 aliphatic heterocycles. The summed E-state index contributed by atoms with van der Waals surface area (Å²) in [5, 5.41) is 4.63. The Labute approximate surface area is 202 Å². The molecule has 4 nitrogen and oxygen atoms in total. The van der Waals surface area contributed by atoms with Crippen LogP contribution in [0.15, 0.2) is 82.6 Å². The van der Waals surface area contributed by atoms with Crippen LogP contribution < -0.4 is 5.32 Å². The second kappa shape index (κ2) is 10.3. The SMILES string of the molecule is C=C1CC(C)C=CC=C1C1=CCC=C(CC)C(Nc2cc(C)c3[nH]c(C(=O)CCC)cc3c2)=N1. The number of aryl methyl sites for hydroxylation is 1. The fourth-order valence-electron chi connectivity index (χ4n) is 4.68. The van der Waals surface area contributed by atoms with E-state index in [-0.39, 0.29) is 5.78 Å². The number of ketones is 1. The van der Waals surface area contributed by atoms with Gasteiger partial charge in [0.25, 0.3) is 0 Å². The maximum Gasteiger partial charge on any atom is 0.179 e. The summed E-state index contributed by atoms with van der Waals surface area (Å²) >= 11 is 0. The van der Waals surface area contributed by atoms with E-state index < -0.39 is 0 Å². The number of nitrogens with one attached hydrogen (secondary N) is 2. The van der Waals surface area contributed by atoms with Crippen LogP contribution in [0.4, 0.5) is 5.69 Å². The van der Waals surface area contributed by atoms with E-state index in [0.29, 0.717) is 18.0 Å². The van der Waals surface area contributed by atoms with E-state index in [1.165, 1.54) is 5.57 Å². The molecule has 4 heteroatoms. The minimum atomic E-state index is 0.159. The van der Waals surface area contributed by atoms with E-state index in [1.54, 1.807) is 0 Å². The summed E-state index contributed by atoms with van der Waals surface area (Å²) in [6, 6.07) is 6.18. The third kappa shape index (κ3) is 5.06. The van der Waals surface area contributed by atoms with Gasteiger partial charge in [0.1, 0.15) is 5.84 Å². The summed E-state index contributed by atoms with van der Waals surface area (Å²) in [7, 11) is 0. The van der Waals surface area contributed by atoms with Gasteiger partial charge in [0, 0.05) is 28.6 Å². The third-order valence-electron chi connectivity index (χ3n) is 6.49.